The van der Waals surface area contributed by atoms with Crippen LogP contribution in [0.25, 0.3) is 0 Å². The molecule has 0 amide bonds. The Morgan fingerprint density at radius 1 is 1.50 bits per heavy atom. The van der Waals surface area contributed by atoms with Crippen molar-refractivity contribution in [3.8, 4) is 12.3 Å². The average molecular weight is 140 g/mol. The minimum Gasteiger partial charge on any atom is -0.365 e. The molecular formula is C9H16O. The van der Waals surface area contributed by atoms with Gasteiger partial charge in [0.05, 0.1) is 6.10 Å². The lowest BCUT2D eigenvalue weighted by Gasteiger charge is -2.26. The van der Waals surface area contributed by atoms with Gasteiger partial charge in [0.25, 0.3) is 0 Å². The third-order valence-corrected chi connectivity index (χ3v) is 1.64. The Hall–Kier alpha value is -0.480. The molecule has 0 rings (SSSR count). The van der Waals surface area contributed by atoms with Gasteiger partial charge in [0.15, 0.2) is 0 Å². The van der Waals surface area contributed by atoms with Gasteiger partial charge in [-0.2, -0.15) is 0 Å². The van der Waals surface area contributed by atoms with Gasteiger partial charge in [-0.15, -0.1) is 6.42 Å². The molecule has 0 radical (unpaired) electrons. The Balaban J connectivity index is 3.65. The lowest BCUT2D eigenvalue weighted by atomic mass is 9.90. The molecule has 0 N–H and O–H groups in total. The van der Waals surface area contributed by atoms with Crippen molar-refractivity contribution in [3.05, 3.63) is 0 Å². The zero-order chi connectivity index (χ0) is 8.20. The van der Waals surface area contributed by atoms with E-state index in [9.17, 15) is 0 Å². The first kappa shape index (κ1) is 9.52. The Morgan fingerprint density at radius 2 is 2.00 bits per heavy atom. The van der Waals surface area contributed by atoms with E-state index < -0.39 is 0 Å². The molecule has 0 aliphatic heterocycles. The zero-order valence-electron chi connectivity index (χ0n) is 7.27. The van der Waals surface area contributed by atoms with E-state index in [4.69, 9.17) is 11.2 Å². The maximum absolute atomic E-state index is 5.32. The van der Waals surface area contributed by atoms with E-state index in [0.717, 1.165) is 0 Å². The smallest absolute Gasteiger partial charge is 0.107 e. The topological polar surface area (TPSA) is 9.23 Å². The highest BCUT2D eigenvalue weighted by molar-refractivity contribution is 4.84. The van der Waals surface area contributed by atoms with Crippen LogP contribution >= 0.6 is 0 Å². The lowest BCUT2D eigenvalue weighted by Crippen LogP contribution is -2.26. The van der Waals surface area contributed by atoms with Crippen molar-refractivity contribution >= 4 is 0 Å². The summed E-state index contributed by atoms with van der Waals surface area (Å²) in [6.45, 7) is 8.85. The van der Waals surface area contributed by atoms with Gasteiger partial charge in [0.1, 0.15) is 6.61 Å². The average Bonchev–Trinajstić information content (AvgIpc) is 1.80. The van der Waals surface area contributed by atoms with Crippen LogP contribution in [-0.4, -0.2) is 12.7 Å². The van der Waals surface area contributed by atoms with Crippen molar-refractivity contribution in [1.29, 1.82) is 0 Å². The van der Waals surface area contributed by atoms with Crippen molar-refractivity contribution in [2.24, 2.45) is 5.41 Å². The molecule has 0 fully saturated rings. The Labute approximate surface area is 63.8 Å². The summed E-state index contributed by atoms with van der Waals surface area (Å²) in [4.78, 5) is 0. The van der Waals surface area contributed by atoms with E-state index >= 15 is 0 Å². The first-order valence-electron chi connectivity index (χ1n) is 3.53. The lowest BCUT2D eigenvalue weighted by molar-refractivity contribution is 0.0132. The van der Waals surface area contributed by atoms with Crippen LogP contribution in [0.1, 0.15) is 27.7 Å². The normalized spacial score (nSPS) is 14.3. The largest absolute Gasteiger partial charge is 0.365 e. The summed E-state index contributed by atoms with van der Waals surface area (Å²) in [7, 11) is 0. The summed E-state index contributed by atoms with van der Waals surface area (Å²) >= 11 is 0. The maximum Gasteiger partial charge on any atom is 0.107 e. The highest BCUT2D eigenvalue weighted by atomic mass is 16.5. The predicted octanol–water partition coefficient (Wildman–Crippen LogP) is 2.07. The van der Waals surface area contributed by atoms with Crippen LogP contribution < -0.4 is 0 Å². The highest BCUT2D eigenvalue weighted by Gasteiger charge is 2.19. The SMILES string of the molecule is C#CCOC(C)C(C)(C)C. The zero-order valence-corrected chi connectivity index (χ0v) is 7.27. The molecular weight excluding hydrogens is 124 g/mol. The quantitative estimate of drug-likeness (QED) is 0.533. The van der Waals surface area contributed by atoms with E-state index in [0.29, 0.717) is 6.61 Å². The molecule has 0 spiro atoms. The number of hydrogen-bond donors (Lipinski definition) is 0. The number of rotatable bonds is 2. The number of hydrogen-bond acceptors (Lipinski definition) is 1. The Kier molecular flexibility index (Phi) is 3.46. The van der Waals surface area contributed by atoms with Crippen molar-refractivity contribution in [1.82, 2.24) is 0 Å². The molecule has 1 heteroatoms. The summed E-state index contributed by atoms with van der Waals surface area (Å²) in [5.41, 5.74) is 0.191. The highest BCUT2D eigenvalue weighted by Crippen LogP contribution is 2.20. The van der Waals surface area contributed by atoms with E-state index in [-0.39, 0.29) is 11.5 Å². The van der Waals surface area contributed by atoms with Crippen LogP contribution in [-0.2, 0) is 4.74 Å². The molecule has 0 saturated carbocycles. The van der Waals surface area contributed by atoms with Crippen molar-refractivity contribution in [2.75, 3.05) is 6.61 Å². The van der Waals surface area contributed by atoms with Gasteiger partial charge < -0.3 is 4.74 Å². The van der Waals surface area contributed by atoms with Gasteiger partial charge in [-0.25, -0.2) is 0 Å². The number of ether oxygens (including phenoxy) is 1. The van der Waals surface area contributed by atoms with E-state index in [1.54, 1.807) is 0 Å². The van der Waals surface area contributed by atoms with E-state index in [1.807, 2.05) is 6.92 Å². The molecule has 0 heterocycles. The summed E-state index contributed by atoms with van der Waals surface area (Å²) in [6, 6.07) is 0. The second-order valence-corrected chi connectivity index (χ2v) is 3.52. The monoisotopic (exact) mass is 140 g/mol. The molecule has 1 nitrogen and oxygen atoms in total. The summed E-state index contributed by atoms with van der Waals surface area (Å²) in [6.07, 6.45) is 5.27. The molecule has 0 bridgehead atoms. The molecule has 0 aromatic heterocycles. The third kappa shape index (κ3) is 3.53. The van der Waals surface area contributed by atoms with Gasteiger partial charge in [-0.05, 0) is 12.3 Å². The summed E-state index contributed by atoms with van der Waals surface area (Å²) in [5.74, 6) is 2.45. The standard InChI is InChI=1S/C9H16O/c1-6-7-10-8(2)9(3,4)5/h1,8H,7H2,2-5H3. The van der Waals surface area contributed by atoms with Crippen LogP contribution in [0.2, 0.25) is 0 Å². The molecule has 0 aromatic rings. The first-order valence-corrected chi connectivity index (χ1v) is 3.53. The fourth-order valence-electron chi connectivity index (χ4n) is 0.423. The molecule has 58 valence electrons. The Bertz CT molecular complexity index is 125. The van der Waals surface area contributed by atoms with Crippen LogP contribution in [0, 0.1) is 17.8 Å². The fourth-order valence-corrected chi connectivity index (χ4v) is 0.423. The molecule has 0 aliphatic carbocycles. The fraction of sp³-hybridized carbons (Fsp3) is 0.778. The Morgan fingerprint density at radius 3 is 2.30 bits per heavy atom. The van der Waals surface area contributed by atoms with Crippen molar-refractivity contribution in [2.45, 2.75) is 33.8 Å². The molecule has 1 atom stereocenters. The van der Waals surface area contributed by atoms with Crippen LogP contribution in [0.5, 0.6) is 0 Å². The number of terminal acetylenes is 1. The van der Waals surface area contributed by atoms with Crippen molar-refractivity contribution in [3.63, 3.8) is 0 Å². The summed E-state index contributed by atoms with van der Waals surface area (Å²) in [5, 5.41) is 0. The third-order valence-electron chi connectivity index (χ3n) is 1.64. The predicted molar refractivity (Wildman–Crippen MR) is 43.7 cm³/mol. The summed E-state index contributed by atoms with van der Waals surface area (Å²) < 4.78 is 5.32. The second-order valence-electron chi connectivity index (χ2n) is 3.52. The molecule has 0 aliphatic rings. The van der Waals surface area contributed by atoms with E-state index in [2.05, 4.69) is 26.7 Å². The first-order chi connectivity index (χ1) is 4.48. The van der Waals surface area contributed by atoms with Gasteiger partial charge in [-0.3, -0.25) is 0 Å². The van der Waals surface area contributed by atoms with Gasteiger partial charge in [0.2, 0.25) is 0 Å². The van der Waals surface area contributed by atoms with E-state index in [1.165, 1.54) is 0 Å². The maximum atomic E-state index is 5.32. The molecule has 10 heavy (non-hydrogen) atoms. The molecule has 0 saturated heterocycles. The van der Waals surface area contributed by atoms with Crippen LogP contribution in [0.3, 0.4) is 0 Å². The molecule has 1 unspecified atom stereocenters. The minimum absolute atomic E-state index is 0.191. The molecule has 0 aromatic carbocycles. The van der Waals surface area contributed by atoms with Crippen LogP contribution in [0.4, 0.5) is 0 Å². The van der Waals surface area contributed by atoms with Gasteiger partial charge in [-0.1, -0.05) is 26.7 Å². The van der Waals surface area contributed by atoms with Crippen molar-refractivity contribution < 1.29 is 4.74 Å². The van der Waals surface area contributed by atoms with Gasteiger partial charge in [0, 0.05) is 0 Å². The van der Waals surface area contributed by atoms with Crippen LogP contribution in [0.15, 0.2) is 0 Å². The minimum atomic E-state index is 0.191. The van der Waals surface area contributed by atoms with Gasteiger partial charge >= 0.3 is 0 Å². The second kappa shape index (κ2) is 3.63.